The van der Waals surface area contributed by atoms with Crippen molar-refractivity contribution in [3.8, 4) is 0 Å². The van der Waals surface area contributed by atoms with Crippen LogP contribution in [0, 0.1) is 0 Å². The molecule has 1 N–H and O–H groups in total. The van der Waals surface area contributed by atoms with E-state index < -0.39 is 0 Å². The van der Waals surface area contributed by atoms with Crippen molar-refractivity contribution in [3.05, 3.63) is 0 Å². The van der Waals surface area contributed by atoms with E-state index in [2.05, 4.69) is 17.3 Å². The SMILES string of the molecule is COC1CC2CNCC(C1)N2C. The molecule has 2 bridgehead atoms. The molecule has 2 saturated heterocycles. The number of piperidine rings is 1. The minimum Gasteiger partial charge on any atom is -0.381 e. The normalized spacial score (nSPS) is 43.0. The van der Waals surface area contributed by atoms with Gasteiger partial charge in [-0.25, -0.2) is 0 Å². The molecule has 2 unspecified atom stereocenters. The van der Waals surface area contributed by atoms with Crippen molar-refractivity contribution in [3.63, 3.8) is 0 Å². The molecule has 12 heavy (non-hydrogen) atoms. The quantitative estimate of drug-likeness (QED) is 0.602. The zero-order chi connectivity index (χ0) is 8.55. The van der Waals surface area contributed by atoms with Crippen LogP contribution in [0.2, 0.25) is 0 Å². The van der Waals surface area contributed by atoms with Gasteiger partial charge < -0.3 is 10.1 Å². The molecule has 0 aromatic heterocycles. The third-order valence-corrected chi connectivity index (χ3v) is 3.32. The van der Waals surface area contributed by atoms with Gasteiger partial charge in [0.25, 0.3) is 0 Å². The van der Waals surface area contributed by atoms with Crippen molar-refractivity contribution in [1.29, 1.82) is 0 Å². The third kappa shape index (κ3) is 1.37. The molecule has 0 spiro atoms. The summed E-state index contributed by atoms with van der Waals surface area (Å²) in [5.41, 5.74) is 0. The maximum absolute atomic E-state index is 5.42. The van der Waals surface area contributed by atoms with Crippen LogP contribution in [0.15, 0.2) is 0 Å². The molecule has 0 aromatic carbocycles. The van der Waals surface area contributed by atoms with E-state index >= 15 is 0 Å². The molecule has 2 aliphatic heterocycles. The zero-order valence-electron chi connectivity index (χ0n) is 7.92. The number of piperazine rings is 1. The van der Waals surface area contributed by atoms with Gasteiger partial charge >= 0.3 is 0 Å². The standard InChI is InChI=1S/C9H18N2O/c1-11-7-3-9(12-2)4-8(11)6-10-5-7/h7-10H,3-6H2,1-2H3. The highest BCUT2D eigenvalue weighted by molar-refractivity contribution is 4.93. The van der Waals surface area contributed by atoms with Gasteiger partial charge in [-0.05, 0) is 19.9 Å². The number of rotatable bonds is 1. The summed E-state index contributed by atoms with van der Waals surface area (Å²) in [6, 6.07) is 1.39. The Morgan fingerprint density at radius 3 is 2.33 bits per heavy atom. The van der Waals surface area contributed by atoms with Crippen LogP contribution in [0.5, 0.6) is 0 Å². The van der Waals surface area contributed by atoms with Gasteiger partial charge in [0.05, 0.1) is 6.10 Å². The predicted octanol–water partition coefficient (Wildman–Crippen LogP) is 0.0674. The van der Waals surface area contributed by atoms with E-state index in [0.717, 1.165) is 13.1 Å². The molecule has 2 atom stereocenters. The molecule has 70 valence electrons. The monoisotopic (exact) mass is 170 g/mol. The molecule has 0 radical (unpaired) electrons. The lowest BCUT2D eigenvalue weighted by atomic mass is 9.91. The summed E-state index contributed by atoms with van der Waals surface area (Å²) in [7, 11) is 4.07. The van der Waals surface area contributed by atoms with Crippen molar-refractivity contribution < 1.29 is 4.74 Å². The van der Waals surface area contributed by atoms with Crippen LogP contribution in [0.1, 0.15) is 12.8 Å². The lowest BCUT2D eigenvalue weighted by molar-refractivity contribution is -0.0238. The molecule has 0 aromatic rings. The first-order valence-electron chi connectivity index (χ1n) is 4.76. The second kappa shape index (κ2) is 3.32. The van der Waals surface area contributed by atoms with E-state index in [1.165, 1.54) is 12.8 Å². The Morgan fingerprint density at radius 2 is 1.83 bits per heavy atom. The Morgan fingerprint density at radius 1 is 1.25 bits per heavy atom. The van der Waals surface area contributed by atoms with Crippen molar-refractivity contribution in [2.24, 2.45) is 0 Å². The minimum absolute atomic E-state index is 0.498. The van der Waals surface area contributed by atoms with Crippen LogP contribution in [0.25, 0.3) is 0 Å². The Kier molecular flexibility index (Phi) is 2.35. The van der Waals surface area contributed by atoms with Crippen LogP contribution < -0.4 is 5.32 Å². The molecule has 3 heteroatoms. The summed E-state index contributed by atoms with van der Waals surface area (Å²) in [6.07, 6.45) is 2.88. The maximum atomic E-state index is 5.42. The number of fused-ring (bicyclic) bond motifs is 2. The Hall–Kier alpha value is -0.120. The van der Waals surface area contributed by atoms with Gasteiger partial charge in [0.1, 0.15) is 0 Å². The van der Waals surface area contributed by atoms with Gasteiger partial charge in [0.2, 0.25) is 0 Å². The van der Waals surface area contributed by atoms with Crippen LogP contribution >= 0.6 is 0 Å². The van der Waals surface area contributed by atoms with E-state index in [0.29, 0.717) is 18.2 Å². The van der Waals surface area contributed by atoms with Crippen LogP contribution in [0.4, 0.5) is 0 Å². The summed E-state index contributed by atoms with van der Waals surface area (Å²) < 4.78 is 5.42. The molecule has 0 amide bonds. The molecular formula is C9H18N2O. The fraction of sp³-hybridized carbons (Fsp3) is 1.00. The number of ether oxygens (including phenoxy) is 1. The van der Waals surface area contributed by atoms with Crippen LogP contribution in [-0.4, -0.2) is 50.3 Å². The average Bonchev–Trinajstić information content (AvgIpc) is 2.04. The minimum atomic E-state index is 0.498. The fourth-order valence-electron chi connectivity index (χ4n) is 2.40. The van der Waals surface area contributed by atoms with Gasteiger partial charge in [-0.3, -0.25) is 4.90 Å². The van der Waals surface area contributed by atoms with Crippen LogP contribution in [0.3, 0.4) is 0 Å². The molecule has 2 heterocycles. The Bertz CT molecular complexity index is 149. The highest BCUT2D eigenvalue weighted by Crippen LogP contribution is 2.25. The number of nitrogens with one attached hydrogen (secondary N) is 1. The van der Waals surface area contributed by atoms with Gasteiger partial charge in [-0.15, -0.1) is 0 Å². The van der Waals surface area contributed by atoms with Crippen LogP contribution in [-0.2, 0) is 4.74 Å². The van der Waals surface area contributed by atoms with Crippen molar-refractivity contribution in [2.45, 2.75) is 31.0 Å². The maximum Gasteiger partial charge on any atom is 0.0602 e. The first-order valence-corrected chi connectivity index (χ1v) is 4.76. The van der Waals surface area contributed by atoms with Gasteiger partial charge in [0, 0.05) is 32.3 Å². The first-order chi connectivity index (χ1) is 5.81. The largest absolute Gasteiger partial charge is 0.381 e. The Balaban J connectivity index is 2.02. The topological polar surface area (TPSA) is 24.5 Å². The van der Waals surface area contributed by atoms with E-state index in [1.54, 1.807) is 0 Å². The third-order valence-electron chi connectivity index (χ3n) is 3.32. The molecule has 0 saturated carbocycles. The molecule has 2 aliphatic rings. The average molecular weight is 170 g/mol. The lowest BCUT2D eigenvalue weighted by Gasteiger charge is -2.46. The summed E-state index contributed by atoms with van der Waals surface area (Å²) in [6.45, 7) is 2.26. The first kappa shape index (κ1) is 8.48. The summed E-state index contributed by atoms with van der Waals surface area (Å²) in [4.78, 5) is 2.51. The second-order valence-corrected chi connectivity index (χ2v) is 3.96. The molecule has 2 rings (SSSR count). The Labute approximate surface area is 74.1 Å². The summed E-state index contributed by atoms with van der Waals surface area (Å²) in [5.74, 6) is 0. The highest BCUT2D eigenvalue weighted by Gasteiger charge is 2.35. The summed E-state index contributed by atoms with van der Waals surface area (Å²) in [5, 5.41) is 3.46. The van der Waals surface area contributed by atoms with Gasteiger partial charge in [-0.1, -0.05) is 0 Å². The van der Waals surface area contributed by atoms with E-state index in [-0.39, 0.29) is 0 Å². The van der Waals surface area contributed by atoms with Crippen molar-refractivity contribution in [2.75, 3.05) is 27.2 Å². The second-order valence-electron chi connectivity index (χ2n) is 3.96. The number of hydrogen-bond donors (Lipinski definition) is 1. The van der Waals surface area contributed by atoms with Gasteiger partial charge in [0.15, 0.2) is 0 Å². The lowest BCUT2D eigenvalue weighted by Crippen LogP contribution is -2.60. The predicted molar refractivity (Wildman–Crippen MR) is 48.2 cm³/mol. The number of methoxy groups -OCH3 is 1. The molecule has 0 aliphatic carbocycles. The fourth-order valence-corrected chi connectivity index (χ4v) is 2.40. The molecule has 2 fully saturated rings. The number of hydrogen-bond acceptors (Lipinski definition) is 3. The van der Waals surface area contributed by atoms with E-state index in [4.69, 9.17) is 4.74 Å². The number of likely N-dealkylation sites (N-methyl/N-ethyl adjacent to an activating group) is 1. The highest BCUT2D eigenvalue weighted by atomic mass is 16.5. The van der Waals surface area contributed by atoms with Crippen molar-refractivity contribution in [1.82, 2.24) is 10.2 Å². The molecule has 3 nitrogen and oxygen atoms in total. The van der Waals surface area contributed by atoms with E-state index in [9.17, 15) is 0 Å². The van der Waals surface area contributed by atoms with Crippen molar-refractivity contribution >= 4 is 0 Å². The van der Waals surface area contributed by atoms with Gasteiger partial charge in [-0.2, -0.15) is 0 Å². The van der Waals surface area contributed by atoms with E-state index in [1.807, 2.05) is 7.11 Å². The smallest absolute Gasteiger partial charge is 0.0602 e. The zero-order valence-corrected chi connectivity index (χ0v) is 7.92. The molecular weight excluding hydrogens is 152 g/mol. The number of nitrogens with zero attached hydrogens (tertiary/aromatic N) is 1. The summed E-state index contributed by atoms with van der Waals surface area (Å²) >= 11 is 0.